The van der Waals surface area contributed by atoms with Gasteiger partial charge < -0.3 is 15.9 Å². The van der Waals surface area contributed by atoms with Gasteiger partial charge in [-0.1, -0.05) is 13.8 Å². The van der Waals surface area contributed by atoms with E-state index in [0.29, 0.717) is 0 Å². The van der Waals surface area contributed by atoms with Crippen molar-refractivity contribution in [2.75, 3.05) is 5.73 Å². The zero-order valence-electron chi connectivity index (χ0n) is 9.96. The highest BCUT2D eigenvalue weighted by Crippen LogP contribution is 1.92. The molecule has 0 aliphatic carbocycles. The summed E-state index contributed by atoms with van der Waals surface area (Å²) in [6.07, 6.45) is 3.77. The molecule has 0 fully saturated rings. The number of pyridine rings is 1. The van der Waals surface area contributed by atoms with Crippen molar-refractivity contribution in [2.45, 2.75) is 26.7 Å². The van der Waals surface area contributed by atoms with E-state index in [-0.39, 0.29) is 12.8 Å². The number of rotatable bonds is 2. The Morgan fingerprint density at radius 2 is 1.41 bits per heavy atom. The lowest BCUT2D eigenvalue weighted by Crippen LogP contribution is -1.86. The van der Waals surface area contributed by atoms with E-state index in [0.717, 1.165) is 5.69 Å². The standard InChI is InChI=1S/C5H6N2.2C3H6O2/c6-5-1-3-7-4-2-5;2*1-2-3(4)5/h1-4H,(H2,6,7);2*2H2,1H3,(H,4,5). The maximum atomic E-state index is 9.37. The molecule has 96 valence electrons. The summed E-state index contributed by atoms with van der Waals surface area (Å²) in [5, 5.41) is 15.4. The van der Waals surface area contributed by atoms with Crippen molar-refractivity contribution in [2.24, 2.45) is 0 Å². The van der Waals surface area contributed by atoms with Crippen LogP contribution in [0, 0.1) is 0 Å². The van der Waals surface area contributed by atoms with Gasteiger partial charge in [-0.3, -0.25) is 14.6 Å². The molecule has 6 heteroatoms. The van der Waals surface area contributed by atoms with Gasteiger partial charge in [0.15, 0.2) is 0 Å². The fraction of sp³-hybridized carbons (Fsp3) is 0.364. The molecule has 0 aromatic carbocycles. The number of hydrogen-bond donors (Lipinski definition) is 3. The summed E-state index contributed by atoms with van der Waals surface area (Å²) >= 11 is 0. The van der Waals surface area contributed by atoms with E-state index in [1.54, 1.807) is 38.4 Å². The molecule has 0 radical (unpaired) electrons. The van der Waals surface area contributed by atoms with Crippen LogP contribution in [-0.4, -0.2) is 27.1 Å². The molecule has 4 N–H and O–H groups in total. The van der Waals surface area contributed by atoms with Crippen LogP contribution in [0.1, 0.15) is 26.7 Å². The number of nitrogen functional groups attached to an aromatic ring is 1. The third kappa shape index (κ3) is 20.1. The van der Waals surface area contributed by atoms with E-state index >= 15 is 0 Å². The second-order valence-electron chi connectivity index (χ2n) is 2.78. The highest BCUT2D eigenvalue weighted by atomic mass is 16.4. The molecule has 1 heterocycles. The normalized spacial score (nSPS) is 7.88. The Morgan fingerprint density at radius 3 is 1.53 bits per heavy atom. The number of nitrogens with two attached hydrogens (primary N) is 1. The van der Waals surface area contributed by atoms with Gasteiger partial charge in [-0.05, 0) is 12.1 Å². The molecule has 0 saturated carbocycles. The van der Waals surface area contributed by atoms with Gasteiger partial charge >= 0.3 is 11.9 Å². The van der Waals surface area contributed by atoms with Crippen molar-refractivity contribution < 1.29 is 19.8 Å². The number of aromatic nitrogens is 1. The van der Waals surface area contributed by atoms with E-state index in [9.17, 15) is 9.59 Å². The van der Waals surface area contributed by atoms with E-state index in [4.69, 9.17) is 15.9 Å². The molecule has 0 aliphatic heterocycles. The summed E-state index contributed by atoms with van der Waals surface area (Å²) in [4.78, 5) is 22.5. The third-order valence-corrected chi connectivity index (χ3v) is 1.31. The van der Waals surface area contributed by atoms with Crippen LogP contribution < -0.4 is 5.73 Å². The Balaban J connectivity index is 0. The van der Waals surface area contributed by atoms with Crippen LogP contribution in [0.4, 0.5) is 5.69 Å². The highest BCUT2D eigenvalue weighted by molar-refractivity contribution is 5.66. The van der Waals surface area contributed by atoms with Crippen molar-refractivity contribution in [3.8, 4) is 0 Å². The van der Waals surface area contributed by atoms with Gasteiger partial charge in [-0.25, -0.2) is 0 Å². The number of carboxylic acid groups (broad SMARTS) is 2. The summed E-state index contributed by atoms with van der Waals surface area (Å²) in [6, 6.07) is 3.50. The van der Waals surface area contributed by atoms with E-state index in [1.807, 2.05) is 0 Å². The van der Waals surface area contributed by atoms with Crippen LogP contribution in [0.2, 0.25) is 0 Å². The van der Waals surface area contributed by atoms with Crippen LogP contribution in [0.15, 0.2) is 24.5 Å². The molecule has 0 aliphatic rings. The maximum absolute atomic E-state index is 9.37. The quantitative estimate of drug-likeness (QED) is 0.726. The highest BCUT2D eigenvalue weighted by Gasteiger charge is 1.81. The Morgan fingerprint density at radius 1 is 1.12 bits per heavy atom. The monoisotopic (exact) mass is 242 g/mol. The minimum Gasteiger partial charge on any atom is -0.481 e. The molecule has 17 heavy (non-hydrogen) atoms. The Kier molecular flexibility index (Phi) is 12.2. The number of aliphatic carboxylic acids is 2. The predicted molar refractivity (Wildman–Crippen MR) is 64.5 cm³/mol. The summed E-state index contributed by atoms with van der Waals surface area (Å²) < 4.78 is 0. The van der Waals surface area contributed by atoms with Crippen LogP contribution in [0.25, 0.3) is 0 Å². The number of anilines is 1. The summed E-state index contributed by atoms with van der Waals surface area (Å²) in [5.41, 5.74) is 6.08. The lowest BCUT2D eigenvalue weighted by Gasteiger charge is -1.83. The first-order valence-electron chi connectivity index (χ1n) is 5.03. The molecular formula is C11H18N2O4. The molecule has 0 bridgehead atoms. The molecule has 0 atom stereocenters. The van der Waals surface area contributed by atoms with E-state index in [1.165, 1.54) is 0 Å². The minimum absolute atomic E-state index is 0.222. The van der Waals surface area contributed by atoms with Crippen molar-refractivity contribution in [3.05, 3.63) is 24.5 Å². The topological polar surface area (TPSA) is 114 Å². The fourth-order valence-corrected chi connectivity index (χ4v) is 0.363. The smallest absolute Gasteiger partial charge is 0.303 e. The van der Waals surface area contributed by atoms with Gasteiger partial charge in [0.1, 0.15) is 0 Å². The molecule has 0 unspecified atom stereocenters. The molecule has 0 amide bonds. The fourth-order valence-electron chi connectivity index (χ4n) is 0.363. The SMILES string of the molecule is CCC(=O)O.CCC(=O)O.Nc1ccncc1. The van der Waals surface area contributed by atoms with Gasteiger partial charge in [-0.15, -0.1) is 0 Å². The zero-order valence-corrected chi connectivity index (χ0v) is 9.96. The summed E-state index contributed by atoms with van der Waals surface area (Å²) in [5.74, 6) is -1.49. The average molecular weight is 242 g/mol. The predicted octanol–water partition coefficient (Wildman–Crippen LogP) is 1.63. The lowest BCUT2D eigenvalue weighted by molar-refractivity contribution is -0.137. The first-order chi connectivity index (χ1) is 7.93. The van der Waals surface area contributed by atoms with Crippen molar-refractivity contribution in [3.63, 3.8) is 0 Å². The third-order valence-electron chi connectivity index (χ3n) is 1.31. The lowest BCUT2D eigenvalue weighted by atomic mass is 10.4. The Hall–Kier alpha value is -2.11. The van der Waals surface area contributed by atoms with E-state index < -0.39 is 11.9 Å². The van der Waals surface area contributed by atoms with Gasteiger partial charge in [0.25, 0.3) is 0 Å². The maximum Gasteiger partial charge on any atom is 0.303 e. The number of carboxylic acids is 2. The van der Waals surface area contributed by atoms with Gasteiger partial charge in [0.05, 0.1) is 0 Å². The van der Waals surface area contributed by atoms with Gasteiger partial charge in [0, 0.05) is 30.9 Å². The van der Waals surface area contributed by atoms with Crippen molar-refractivity contribution >= 4 is 17.6 Å². The number of nitrogens with zero attached hydrogens (tertiary/aromatic N) is 1. The first kappa shape index (κ1) is 17.3. The van der Waals surface area contributed by atoms with Gasteiger partial charge in [0.2, 0.25) is 0 Å². The molecule has 1 aromatic rings. The Bertz CT molecular complexity index is 301. The molecule has 0 saturated heterocycles. The second kappa shape index (κ2) is 12.0. The van der Waals surface area contributed by atoms with Crippen LogP contribution in [0.3, 0.4) is 0 Å². The molecule has 0 spiro atoms. The first-order valence-corrected chi connectivity index (χ1v) is 5.03. The molecule has 1 aromatic heterocycles. The molecular weight excluding hydrogens is 224 g/mol. The van der Waals surface area contributed by atoms with Crippen molar-refractivity contribution in [1.29, 1.82) is 0 Å². The largest absolute Gasteiger partial charge is 0.481 e. The Labute approximate surface area is 100 Å². The number of carbonyl (C=O) groups is 2. The van der Waals surface area contributed by atoms with Crippen LogP contribution in [0.5, 0.6) is 0 Å². The second-order valence-corrected chi connectivity index (χ2v) is 2.78. The molecule has 6 nitrogen and oxygen atoms in total. The van der Waals surface area contributed by atoms with Crippen LogP contribution >= 0.6 is 0 Å². The van der Waals surface area contributed by atoms with Gasteiger partial charge in [-0.2, -0.15) is 0 Å². The van der Waals surface area contributed by atoms with Crippen molar-refractivity contribution in [1.82, 2.24) is 4.98 Å². The average Bonchev–Trinajstić information content (AvgIpc) is 2.31. The summed E-state index contributed by atoms with van der Waals surface area (Å²) in [6.45, 7) is 3.20. The molecule has 1 rings (SSSR count). The van der Waals surface area contributed by atoms with E-state index in [2.05, 4.69) is 4.98 Å². The number of hydrogen-bond acceptors (Lipinski definition) is 4. The van der Waals surface area contributed by atoms with Crippen LogP contribution in [-0.2, 0) is 9.59 Å². The summed E-state index contributed by atoms with van der Waals surface area (Å²) in [7, 11) is 0. The minimum atomic E-state index is -0.745. The zero-order chi connectivity index (χ0) is 13.7.